The lowest BCUT2D eigenvalue weighted by Gasteiger charge is -2.28. The van der Waals surface area contributed by atoms with Gasteiger partial charge in [-0.2, -0.15) is 0 Å². The first kappa shape index (κ1) is 20.9. The molecule has 0 unspecified atom stereocenters. The number of nitrogens with one attached hydrogen (secondary N) is 1. The van der Waals surface area contributed by atoms with E-state index < -0.39 is 0 Å². The highest BCUT2D eigenvalue weighted by atomic mass is 35.5. The standard InChI is InChI=1S/C24H24Cl2N2O2/c25-20-4-3-19(24(26)15-20)17-30-23-9-1-18(2-10-23)16-27-21-5-7-22(8-6-21)28-11-13-29-14-12-28/h1-10,15,27H,11-14,16-17H2. The highest BCUT2D eigenvalue weighted by Crippen LogP contribution is 2.23. The van der Waals surface area contributed by atoms with Crippen LogP contribution in [0.4, 0.5) is 11.4 Å². The second kappa shape index (κ2) is 10.1. The molecule has 0 spiro atoms. The van der Waals surface area contributed by atoms with Crippen LogP contribution in [0.15, 0.2) is 66.7 Å². The van der Waals surface area contributed by atoms with Gasteiger partial charge in [0.25, 0.3) is 0 Å². The van der Waals surface area contributed by atoms with E-state index in [1.807, 2.05) is 24.3 Å². The van der Waals surface area contributed by atoms with E-state index in [0.717, 1.165) is 49.8 Å². The number of hydrogen-bond donors (Lipinski definition) is 1. The van der Waals surface area contributed by atoms with Gasteiger partial charge in [-0.3, -0.25) is 0 Å². The van der Waals surface area contributed by atoms with Crippen LogP contribution in [0.3, 0.4) is 0 Å². The molecule has 3 aromatic rings. The molecule has 30 heavy (non-hydrogen) atoms. The number of nitrogens with zero attached hydrogens (tertiary/aromatic N) is 1. The van der Waals surface area contributed by atoms with Gasteiger partial charge in [-0.25, -0.2) is 0 Å². The minimum atomic E-state index is 0.406. The fourth-order valence-corrected chi connectivity index (χ4v) is 3.78. The first-order valence-electron chi connectivity index (χ1n) is 10.00. The minimum Gasteiger partial charge on any atom is -0.489 e. The lowest BCUT2D eigenvalue weighted by Crippen LogP contribution is -2.36. The van der Waals surface area contributed by atoms with Crippen LogP contribution in [0.5, 0.6) is 5.75 Å². The summed E-state index contributed by atoms with van der Waals surface area (Å²) in [7, 11) is 0. The molecule has 1 aliphatic heterocycles. The van der Waals surface area contributed by atoms with Crippen molar-refractivity contribution in [2.45, 2.75) is 13.2 Å². The Morgan fingerprint density at radius 1 is 0.900 bits per heavy atom. The van der Waals surface area contributed by atoms with Crippen LogP contribution >= 0.6 is 23.2 Å². The molecule has 1 fully saturated rings. The third-order valence-corrected chi connectivity index (χ3v) is 5.66. The summed E-state index contributed by atoms with van der Waals surface area (Å²) in [6.07, 6.45) is 0. The van der Waals surface area contributed by atoms with Crippen LogP contribution in [0.2, 0.25) is 10.0 Å². The molecule has 0 atom stereocenters. The number of anilines is 2. The van der Waals surface area contributed by atoms with E-state index in [0.29, 0.717) is 16.7 Å². The van der Waals surface area contributed by atoms with Crippen molar-refractivity contribution in [3.05, 3.63) is 87.9 Å². The molecule has 6 heteroatoms. The second-order valence-corrected chi connectivity index (χ2v) is 8.01. The Morgan fingerprint density at radius 2 is 1.63 bits per heavy atom. The minimum absolute atomic E-state index is 0.406. The van der Waals surface area contributed by atoms with Crippen molar-refractivity contribution >= 4 is 34.6 Å². The summed E-state index contributed by atoms with van der Waals surface area (Å²) >= 11 is 12.1. The average Bonchev–Trinajstić information content (AvgIpc) is 2.79. The third kappa shape index (κ3) is 5.60. The molecule has 4 nitrogen and oxygen atoms in total. The van der Waals surface area contributed by atoms with Gasteiger partial charge in [-0.05, 0) is 54.1 Å². The maximum Gasteiger partial charge on any atom is 0.119 e. The highest BCUT2D eigenvalue weighted by molar-refractivity contribution is 6.35. The molecule has 0 bridgehead atoms. The van der Waals surface area contributed by atoms with Crippen molar-refractivity contribution in [2.24, 2.45) is 0 Å². The first-order valence-corrected chi connectivity index (χ1v) is 10.8. The van der Waals surface area contributed by atoms with E-state index >= 15 is 0 Å². The third-order valence-electron chi connectivity index (χ3n) is 5.07. The molecule has 1 heterocycles. The number of hydrogen-bond acceptors (Lipinski definition) is 4. The normalized spacial score (nSPS) is 13.9. The van der Waals surface area contributed by atoms with Gasteiger partial charge < -0.3 is 19.7 Å². The van der Waals surface area contributed by atoms with Gasteiger partial charge in [-0.15, -0.1) is 0 Å². The SMILES string of the molecule is Clc1ccc(COc2ccc(CNc3ccc(N4CCOCC4)cc3)cc2)c(Cl)c1. The smallest absolute Gasteiger partial charge is 0.119 e. The van der Waals surface area contributed by atoms with Crippen molar-refractivity contribution in [1.82, 2.24) is 0 Å². The van der Waals surface area contributed by atoms with Gasteiger partial charge in [0.2, 0.25) is 0 Å². The molecule has 1 saturated heterocycles. The molecule has 0 aromatic heterocycles. The Kier molecular flexibility index (Phi) is 7.00. The summed E-state index contributed by atoms with van der Waals surface area (Å²) < 4.78 is 11.3. The molecule has 0 saturated carbocycles. The van der Waals surface area contributed by atoms with Crippen molar-refractivity contribution < 1.29 is 9.47 Å². The number of halogens is 2. The zero-order valence-corrected chi connectivity index (χ0v) is 18.1. The molecule has 0 aliphatic carbocycles. The Hall–Kier alpha value is -2.40. The molecule has 156 valence electrons. The molecule has 1 N–H and O–H groups in total. The van der Waals surface area contributed by atoms with Gasteiger partial charge in [0, 0.05) is 46.6 Å². The second-order valence-electron chi connectivity index (χ2n) is 7.17. The predicted octanol–water partition coefficient (Wildman–Crippen LogP) is 6.02. The zero-order valence-electron chi connectivity index (χ0n) is 16.6. The molecule has 0 radical (unpaired) electrons. The number of rotatable bonds is 7. The van der Waals surface area contributed by atoms with E-state index in [1.54, 1.807) is 6.07 Å². The van der Waals surface area contributed by atoms with E-state index in [-0.39, 0.29) is 0 Å². The molecule has 1 aliphatic rings. The van der Waals surface area contributed by atoms with E-state index in [1.165, 1.54) is 11.3 Å². The van der Waals surface area contributed by atoms with Crippen molar-refractivity contribution in [3.63, 3.8) is 0 Å². The quantitative estimate of drug-likeness (QED) is 0.484. The summed E-state index contributed by atoms with van der Waals surface area (Å²) in [4.78, 5) is 2.35. The fourth-order valence-electron chi connectivity index (χ4n) is 3.32. The Balaban J connectivity index is 1.27. The van der Waals surface area contributed by atoms with Crippen LogP contribution in [-0.4, -0.2) is 26.3 Å². The maximum atomic E-state index is 6.19. The fraction of sp³-hybridized carbons (Fsp3) is 0.250. The Morgan fingerprint density at radius 3 is 2.33 bits per heavy atom. The average molecular weight is 443 g/mol. The van der Waals surface area contributed by atoms with Crippen LogP contribution in [0.1, 0.15) is 11.1 Å². The van der Waals surface area contributed by atoms with Crippen molar-refractivity contribution in [3.8, 4) is 5.75 Å². The van der Waals surface area contributed by atoms with Crippen LogP contribution in [0.25, 0.3) is 0 Å². The van der Waals surface area contributed by atoms with Crippen LogP contribution < -0.4 is 15.0 Å². The van der Waals surface area contributed by atoms with E-state index in [9.17, 15) is 0 Å². The zero-order chi connectivity index (χ0) is 20.8. The van der Waals surface area contributed by atoms with Gasteiger partial charge >= 0.3 is 0 Å². The van der Waals surface area contributed by atoms with Crippen LogP contribution in [-0.2, 0) is 17.9 Å². The van der Waals surface area contributed by atoms with Crippen molar-refractivity contribution in [1.29, 1.82) is 0 Å². The summed E-state index contributed by atoms with van der Waals surface area (Å²) in [5, 5.41) is 4.70. The van der Waals surface area contributed by atoms with Gasteiger partial charge in [0.1, 0.15) is 12.4 Å². The number of morpholine rings is 1. The van der Waals surface area contributed by atoms with Gasteiger partial charge in [0.15, 0.2) is 0 Å². The summed E-state index contributed by atoms with van der Waals surface area (Å²) in [5.74, 6) is 0.805. The molecule has 3 aromatic carbocycles. The molecule has 4 rings (SSSR count). The summed E-state index contributed by atoms with van der Waals surface area (Å²) in [6.45, 7) is 4.65. The summed E-state index contributed by atoms with van der Waals surface area (Å²) in [6, 6.07) is 22.1. The predicted molar refractivity (Wildman–Crippen MR) is 124 cm³/mol. The Labute approximate surface area is 187 Å². The molecular formula is C24H24Cl2N2O2. The number of benzene rings is 3. The van der Waals surface area contributed by atoms with Crippen molar-refractivity contribution in [2.75, 3.05) is 36.5 Å². The first-order chi connectivity index (χ1) is 14.7. The largest absolute Gasteiger partial charge is 0.489 e. The molecule has 0 amide bonds. The molecular weight excluding hydrogens is 419 g/mol. The van der Waals surface area contributed by atoms with Gasteiger partial charge in [-0.1, -0.05) is 41.4 Å². The highest BCUT2D eigenvalue weighted by Gasteiger charge is 2.10. The monoisotopic (exact) mass is 442 g/mol. The summed E-state index contributed by atoms with van der Waals surface area (Å²) in [5.41, 5.74) is 4.44. The van der Waals surface area contributed by atoms with E-state index in [4.69, 9.17) is 32.7 Å². The van der Waals surface area contributed by atoms with Gasteiger partial charge in [0.05, 0.1) is 13.2 Å². The number of ether oxygens (including phenoxy) is 2. The maximum absolute atomic E-state index is 6.19. The van der Waals surface area contributed by atoms with Crippen LogP contribution in [0, 0.1) is 0 Å². The van der Waals surface area contributed by atoms with E-state index in [2.05, 4.69) is 46.6 Å². The topological polar surface area (TPSA) is 33.7 Å². The Bertz CT molecular complexity index is 956. The lowest BCUT2D eigenvalue weighted by molar-refractivity contribution is 0.122. The lowest BCUT2D eigenvalue weighted by atomic mass is 10.2.